The van der Waals surface area contributed by atoms with Crippen molar-refractivity contribution in [2.75, 3.05) is 19.6 Å². The molecule has 0 saturated carbocycles. The van der Waals surface area contributed by atoms with Crippen LogP contribution in [0.25, 0.3) is 0 Å². The Morgan fingerprint density at radius 1 is 1.33 bits per heavy atom. The average molecular weight is 262 g/mol. The van der Waals surface area contributed by atoms with E-state index >= 15 is 0 Å². The Balaban J connectivity index is 1.72. The highest BCUT2D eigenvalue weighted by molar-refractivity contribution is 7.80. The fourth-order valence-electron chi connectivity index (χ4n) is 2.64. The molecular weight excluding hydrogens is 240 g/mol. The first kappa shape index (κ1) is 13.5. The number of nitrogens with two attached hydrogens (primary N) is 1. The number of likely N-dealkylation sites (tertiary alicyclic amines) is 1. The number of hydrogen-bond donors (Lipinski definition) is 1. The number of hydrogen-bond acceptors (Lipinski definition) is 2. The maximum atomic E-state index is 5.75. The molecule has 1 aliphatic rings. The molecule has 0 radical (unpaired) electrons. The molecule has 0 aliphatic carbocycles. The quantitative estimate of drug-likeness (QED) is 0.827. The number of nitrogens with zero attached hydrogens (tertiary/aromatic N) is 1. The highest BCUT2D eigenvalue weighted by atomic mass is 32.1. The number of aryl methyl sites for hydroxylation is 1. The predicted molar refractivity (Wildman–Crippen MR) is 80.7 cm³/mol. The van der Waals surface area contributed by atoms with Gasteiger partial charge >= 0.3 is 0 Å². The fraction of sp³-hybridized carbons (Fsp3) is 0.533. The molecule has 1 aliphatic heterocycles. The van der Waals surface area contributed by atoms with E-state index in [1.54, 1.807) is 0 Å². The summed E-state index contributed by atoms with van der Waals surface area (Å²) < 4.78 is 0. The summed E-state index contributed by atoms with van der Waals surface area (Å²) in [5, 5.41) is 0. The molecule has 1 saturated heterocycles. The van der Waals surface area contributed by atoms with Gasteiger partial charge in [0.15, 0.2) is 0 Å². The summed E-state index contributed by atoms with van der Waals surface area (Å²) in [5.74, 6) is 0.436. The lowest BCUT2D eigenvalue weighted by atomic mass is 9.98. The van der Waals surface area contributed by atoms with E-state index in [1.807, 2.05) is 0 Å². The summed E-state index contributed by atoms with van der Waals surface area (Å²) in [6.07, 6.45) is 4.78. The van der Waals surface area contributed by atoms with E-state index in [-0.39, 0.29) is 0 Å². The molecule has 0 amide bonds. The lowest BCUT2D eigenvalue weighted by Gasteiger charge is -2.32. The number of benzene rings is 1. The van der Waals surface area contributed by atoms with E-state index in [9.17, 15) is 0 Å². The zero-order chi connectivity index (χ0) is 12.8. The summed E-state index contributed by atoms with van der Waals surface area (Å²) in [6.45, 7) is 3.42. The Bertz CT molecular complexity index is 377. The fourth-order valence-corrected chi connectivity index (χ4v) is 2.83. The van der Waals surface area contributed by atoms with Crippen LogP contribution in [0.15, 0.2) is 30.3 Å². The van der Waals surface area contributed by atoms with Crippen LogP contribution in [0, 0.1) is 5.92 Å². The van der Waals surface area contributed by atoms with Crippen LogP contribution in [0.3, 0.4) is 0 Å². The van der Waals surface area contributed by atoms with Crippen molar-refractivity contribution in [1.82, 2.24) is 4.90 Å². The standard InChI is InChI=1S/C15H22N2S/c16-15(18)14-9-5-11-17(12-14)10-4-8-13-6-2-1-3-7-13/h1-3,6-7,14H,4-5,8-12H2,(H2,16,18). The summed E-state index contributed by atoms with van der Waals surface area (Å²) in [4.78, 5) is 3.21. The van der Waals surface area contributed by atoms with E-state index in [2.05, 4.69) is 35.2 Å². The molecule has 2 rings (SSSR count). The molecular formula is C15H22N2S. The van der Waals surface area contributed by atoms with Crippen LogP contribution in [0.4, 0.5) is 0 Å². The SMILES string of the molecule is NC(=S)C1CCCN(CCCc2ccccc2)C1. The number of piperidine rings is 1. The second-order valence-corrected chi connectivity index (χ2v) is 5.60. The molecule has 18 heavy (non-hydrogen) atoms. The zero-order valence-corrected chi connectivity index (χ0v) is 11.7. The lowest BCUT2D eigenvalue weighted by Crippen LogP contribution is -2.40. The van der Waals surface area contributed by atoms with Gasteiger partial charge in [0.2, 0.25) is 0 Å². The maximum absolute atomic E-state index is 5.75. The molecule has 1 fully saturated rings. The van der Waals surface area contributed by atoms with Gasteiger partial charge in [0, 0.05) is 12.5 Å². The summed E-state index contributed by atoms with van der Waals surface area (Å²) in [7, 11) is 0. The molecule has 1 unspecified atom stereocenters. The van der Waals surface area contributed by atoms with Gasteiger partial charge in [-0.25, -0.2) is 0 Å². The van der Waals surface area contributed by atoms with Crippen LogP contribution in [0.1, 0.15) is 24.8 Å². The first-order valence-electron chi connectivity index (χ1n) is 6.81. The van der Waals surface area contributed by atoms with E-state index in [4.69, 9.17) is 18.0 Å². The summed E-state index contributed by atoms with van der Waals surface area (Å²) in [5.41, 5.74) is 7.18. The molecule has 98 valence electrons. The van der Waals surface area contributed by atoms with Gasteiger partial charge in [-0.3, -0.25) is 0 Å². The Morgan fingerprint density at radius 2 is 2.11 bits per heavy atom. The normalized spacial score (nSPS) is 20.8. The third kappa shape index (κ3) is 4.07. The Hall–Kier alpha value is -0.930. The van der Waals surface area contributed by atoms with Gasteiger partial charge in [-0.1, -0.05) is 42.5 Å². The van der Waals surface area contributed by atoms with Crippen LogP contribution in [0.5, 0.6) is 0 Å². The van der Waals surface area contributed by atoms with Crippen LogP contribution in [0.2, 0.25) is 0 Å². The summed E-state index contributed by atoms with van der Waals surface area (Å²) in [6, 6.07) is 10.7. The Morgan fingerprint density at radius 3 is 2.83 bits per heavy atom. The minimum atomic E-state index is 0.436. The second-order valence-electron chi connectivity index (χ2n) is 5.13. The van der Waals surface area contributed by atoms with Gasteiger partial charge < -0.3 is 10.6 Å². The van der Waals surface area contributed by atoms with Crippen LogP contribution in [-0.4, -0.2) is 29.5 Å². The number of thiocarbonyl (C=S) groups is 1. The van der Waals surface area contributed by atoms with Crippen molar-refractivity contribution in [2.24, 2.45) is 11.7 Å². The molecule has 0 aromatic heterocycles. The van der Waals surface area contributed by atoms with Gasteiger partial charge in [0.1, 0.15) is 0 Å². The number of rotatable bonds is 5. The molecule has 2 N–H and O–H groups in total. The molecule has 3 heteroatoms. The first-order valence-corrected chi connectivity index (χ1v) is 7.22. The van der Waals surface area contributed by atoms with Crippen molar-refractivity contribution in [3.05, 3.63) is 35.9 Å². The smallest absolute Gasteiger partial charge is 0.0771 e. The van der Waals surface area contributed by atoms with Crippen molar-refractivity contribution in [1.29, 1.82) is 0 Å². The van der Waals surface area contributed by atoms with E-state index in [0.717, 1.165) is 19.5 Å². The third-order valence-electron chi connectivity index (χ3n) is 3.69. The van der Waals surface area contributed by atoms with Crippen molar-refractivity contribution < 1.29 is 0 Å². The van der Waals surface area contributed by atoms with Crippen LogP contribution >= 0.6 is 12.2 Å². The van der Waals surface area contributed by atoms with Gasteiger partial charge in [-0.15, -0.1) is 0 Å². The highest BCUT2D eigenvalue weighted by Crippen LogP contribution is 2.17. The molecule has 1 aromatic rings. The molecule has 1 heterocycles. The van der Waals surface area contributed by atoms with Crippen molar-refractivity contribution in [3.63, 3.8) is 0 Å². The second kappa shape index (κ2) is 6.86. The monoisotopic (exact) mass is 262 g/mol. The molecule has 1 aromatic carbocycles. The van der Waals surface area contributed by atoms with Gasteiger partial charge in [-0.05, 0) is 44.3 Å². The zero-order valence-electron chi connectivity index (χ0n) is 10.8. The highest BCUT2D eigenvalue weighted by Gasteiger charge is 2.21. The topological polar surface area (TPSA) is 29.3 Å². The van der Waals surface area contributed by atoms with Crippen molar-refractivity contribution in [3.8, 4) is 0 Å². The van der Waals surface area contributed by atoms with E-state index in [1.165, 1.54) is 31.4 Å². The largest absolute Gasteiger partial charge is 0.393 e. The summed E-state index contributed by atoms with van der Waals surface area (Å²) >= 11 is 5.11. The maximum Gasteiger partial charge on any atom is 0.0771 e. The predicted octanol–water partition coefficient (Wildman–Crippen LogP) is 2.62. The van der Waals surface area contributed by atoms with E-state index in [0.29, 0.717) is 10.9 Å². The van der Waals surface area contributed by atoms with Crippen molar-refractivity contribution in [2.45, 2.75) is 25.7 Å². The molecule has 0 spiro atoms. The van der Waals surface area contributed by atoms with Gasteiger partial charge in [0.05, 0.1) is 4.99 Å². The average Bonchev–Trinajstić information content (AvgIpc) is 2.40. The molecule has 0 bridgehead atoms. The molecule has 1 atom stereocenters. The Labute approximate surface area is 115 Å². The van der Waals surface area contributed by atoms with Gasteiger partial charge in [0.25, 0.3) is 0 Å². The Kier molecular flexibility index (Phi) is 5.14. The van der Waals surface area contributed by atoms with Gasteiger partial charge in [-0.2, -0.15) is 0 Å². The lowest BCUT2D eigenvalue weighted by molar-refractivity contribution is 0.203. The van der Waals surface area contributed by atoms with Crippen LogP contribution in [-0.2, 0) is 6.42 Å². The van der Waals surface area contributed by atoms with Crippen LogP contribution < -0.4 is 5.73 Å². The third-order valence-corrected chi connectivity index (χ3v) is 4.02. The first-order chi connectivity index (χ1) is 8.75. The minimum absolute atomic E-state index is 0.436. The van der Waals surface area contributed by atoms with E-state index < -0.39 is 0 Å². The molecule has 2 nitrogen and oxygen atoms in total. The van der Waals surface area contributed by atoms with Crippen molar-refractivity contribution >= 4 is 17.2 Å². The minimum Gasteiger partial charge on any atom is -0.393 e.